The van der Waals surface area contributed by atoms with Crippen LogP contribution in [0.2, 0.25) is 0 Å². The van der Waals surface area contributed by atoms with Crippen LogP contribution in [0, 0.1) is 6.92 Å². The first-order valence-electron chi connectivity index (χ1n) is 4.28. The molecule has 7 heteroatoms. The molecule has 1 aromatic heterocycles. The highest BCUT2D eigenvalue weighted by molar-refractivity contribution is 5.81. The Morgan fingerprint density at radius 2 is 2.19 bits per heavy atom. The van der Waals surface area contributed by atoms with Crippen molar-refractivity contribution >= 4 is 6.29 Å². The largest absolute Gasteiger partial charge is 0.573 e. The SMILES string of the molecule is Cc1cnc(CN)c(C=O)c1OC(F)(F)F. The van der Waals surface area contributed by atoms with E-state index in [9.17, 15) is 18.0 Å². The van der Waals surface area contributed by atoms with Crippen LogP contribution in [-0.2, 0) is 6.54 Å². The number of aldehydes is 1. The minimum Gasteiger partial charge on any atom is -0.405 e. The minimum absolute atomic E-state index is 0.0693. The molecular weight excluding hydrogens is 225 g/mol. The van der Waals surface area contributed by atoms with Crippen LogP contribution in [0.3, 0.4) is 0 Å². The van der Waals surface area contributed by atoms with Crippen molar-refractivity contribution in [2.24, 2.45) is 5.73 Å². The third kappa shape index (κ3) is 2.69. The fraction of sp³-hybridized carbons (Fsp3) is 0.333. The van der Waals surface area contributed by atoms with Crippen LogP contribution in [0.4, 0.5) is 13.2 Å². The predicted molar refractivity (Wildman–Crippen MR) is 48.9 cm³/mol. The van der Waals surface area contributed by atoms with Gasteiger partial charge in [0.25, 0.3) is 0 Å². The fourth-order valence-corrected chi connectivity index (χ4v) is 1.18. The van der Waals surface area contributed by atoms with Crippen molar-refractivity contribution in [3.8, 4) is 5.75 Å². The zero-order valence-electron chi connectivity index (χ0n) is 8.34. The summed E-state index contributed by atoms with van der Waals surface area (Å²) in [6.07, 6.45) is -3.42. The van der Waals surface area contributed by atoms with Gasteiger partial charge in [0.1, 0.15) is 5.75 Å². The lowest BCUT2D eigenvalue weighted by Crippen LogP contribution is -2.20. The summed E-state index contributed by atoms with van der Waals surface area (Å²) in [4.78, 5) is 14.5. The van der Waals surface area contributed by atoms with E-state index >= 15 is 0 Å². The number of carbonyl (C=O) groups is 1. The Hall–Kier alpha value is -1.63. The van der Waals surface area contributed by atoms with Crippen molar-refractivity contribution in [1.29, 1.82) is 0 Å². The minimum atomic E-state index is -4.85. The summed E-state index contributed by atoms with van der Waals surface area (Å²) < 4.78 is 40.0. The maximum atomic E-state index is 12.1. The molecule has 0 saturated heterocycles. The topological polar surface area (TPSA) is 65.2 Å². The van der Waals surface area contributed by atoms with E-state index in [4.69, 9.17) is 5.73 Å². The highest BCUT2D eigenvalue weighted by Crippen LogP contribution is 2.29. The number of pyridine rings is 1. The maximum absolute atomic E-state index is 12.1. The average Bonchev–Trinajstić information content (AvgIpc) is 2.19. The lowest BCUT2D eigenvalue weighted by molar-refractivity contribution is -0.274. The highest BCUT2D eigenvalue weighted by atomic mass is 19.4. The number of carbonyl (C=O) groups excluding carboxylic acids is 1. The van der Waals surface area contributed by atoms with E-state index in [1.807, 2.05) is 0 Å². The lowest BCUT2D eigenvalue weighted by atomic mass is 10.1. The maximum Gasteiger partial charge on any atom is 0.573 e. The molecule has 0 aliphatic heterocycles. The fourth-order valence-electron chi connectivity index (χ4n) is 1.18. The number of alkyl halides is 3. The second-order valence-corrected chi connectivity index (χ2v) is 3.00. The number of aryl methyl sites for hydroxylation is 1. The smallest absolute Gasteiger partial charge is 0.405 e. The summed E-state index contributed by atoms with van der Waals surface area (Å²) in [5.74, 6) is -0.544. The molecule has 0 aliphatic rings. The van der Waals surface area contributed by atoms with Gasteiger partial charge in [-0.2, -0.15) is 0 Å². The average molecular weight is 234 g/mol. The number of nitrogens with zero attached hydrogens (tertiary/aromatic N) is 1. The molecule has 1 aromatic rings. The van der Waals surface area contributed by atoms with Gasteiger partial charge in [-0.3, -0.25) is 9.78 Å². The van der Waals surface area contributed by atoms with Crippen molar-refractivity contribution < 1.29 is 22.7 Å². The van der Waals surface area contributed by atoms with Crippen molar-refractivity contribution in [3.05, 3.63) is 23.0 Å². The number of halogens is 3. The quantitative estimate of drug-likeness (QED) is 0.806. The van der Waals surface area contributed by atoms with Crippen LogP contribution in [0.5, 0.6) is 5.75 Å². The Kier molecular flexibility index (Phi) is 3.48. The van der Waals surface area contributed by atoms with Gasteiger partial charge in [0.05, 0.1) is 11.3 Å². The zero-order valence-corrected chi connectivity index (χ0v) is 8.34. The van der Waals surface area contributed by atoms with Gasteiger partial charge < -0.3 is 10.5 Å². The standard InChI is InChI=1S/C9H9F3N2O2/c1-5-3-14-7(2-13)6(4-15)8(5)16-9(10,11)12/h3-4H,2,13H2,1H3. The molecule has 4 nitrogen and oxygen atoms in total. The Balaban J connectivity index is 3.29. The first-order chi connectivity index (χ1) is 7.39. The molecule has 88 valence electrons. The molecule has 0 amide bonds. The van der Waals surface area contributed by atoms with Gasteiger partial charge in [0.15, 0.2) is 6.29 Å². The predicted octanol–water partition coefficient (Wildman–Crippen LogP) is 1.56. The van der Waals surface area contributed by atoms with Crippen LogP contribution in [0.1, 0.15) is 21.6 Å². The number of aromatic nitrogens is 1. The van der Waals surface area contributed by atoms with Crippen LogP contribution in [0.15, 0.2) is 6.20 Å². The Morgan fingerprint density at radius 3 is 2.62 bits per heavy atom. The van der Waals surface area contributed by atoms with E-state index in [0.29, 0.717) is 0 Å². The van der Waals surface area contributed by atoms with E-state index in [1.54, 1.807) is 0 Å². The molecule has 1 heterocycles. The Morgan fingerprint density at radius 1 is 1.56 bits per heavy atom. The van der Waals surface area contributed by atoms with Crippen LogP contribution in [0.25, 0.3) is 0 Å². The zero-order chi connectivity index (χ0) is 12.3. The van der Waals surface area contributed by atoms with Gasteiger partial charge in [-0.25, -0.2) is 0 Å². The van der Waals surface area contributed by atoms with Gasteiger partial charge >= 0.3 is 6.36 Å². The molecule has 16 heavy (non-hydrogen) atoms. The summed E-state index contributed by atoms with van der Waals surface area (Å²) in [6, 6.07) is 0. The van der Waals surface area contributed by atoms with Gasteiger partial charge in [-0.05, 0) is 6.92 Å². The summed E-state index contributed by atoms with van der Waals surface area (Å²) in [7, 11) is 0. The molecule has 0 aromatic carbocycles. The number of rotatable bonds is 3. The van der Waals surface area contributed by atoms with E-state index in [1.165, 1.54) is 13.1 Å². The number of hydrogen-bond acceptors (Lipinski definition) is 4. The second-order valence-electron chi connectivity index (χ2n) is 3.00. The number of hydrogen-bond donors (Lipinski definition) is 1. The molecule has 0 saturated carbocycles. The highest BCUT2D eigenvalue weighted by Gasteiger charge is 2.33. The van der Waals surface area contributed by atoms with Crippen LogP contribution >= 0.6 is 0 Å². The van der Waals surface area contributed by atoms with Crippen molar-refractivity contribution in [2.75, 3.05) is 0 Å². The molecule has 0 atom stereocenters. The van der Waals surface area contributed by atoms with Crippen LogP contribution < -0.4 is 10.5 Å². The van der Waals surface area contributed by atoms with E-state index in [2.05, 4.69) is 9.72 Å². The summed E-state index contributed by atoms with van der Waals surface area (Å²) in [5.41, 5.74) is 5.18. The van der Waals surface area contributed by atoms with Gasteiger partial charge in [0, 0.05) is 18.3 Å². The first kappa shape index (κ1) is 12.4. The normalized spacial score (nSPS) is 11.3. The van der Waals surface area contributed by atoms with E-state index in [0.717, 1.165) is 0 Å². The van der Waals surface area contributed by atoms with Crippen molar-refractivity contribution in [3.63, 3.8) is 0 Å². The molecule has 0 fully saturated rings. The molecule has 2 N–H and O–H groups in total. The first-order valence-corrected chi connectivity index (χ1v) is 4.28. The number of ether oxygens (including phenoxy) is 1. The summed E-state index contributed by atoms with van der Waals surface area (Å²) in [5, 5.41) is 0. The third-order valence-electron chi connectivity index (χ3n) is 1.86. The second kappa shape index (κ2) is 4.48. The number of nitrogens with two attached hydrogens (primary N) is 1. The van der Waals surface area contributed by atoms with E-state index in [-0.39, 0.29) is 29.7 Å². The van der Waals surface area contributed by atoms with Crippen molar-refractivity contribution in [2.45, 2.75) is 19.8 Å². The molecule has 0 radical (unpaired) electrons. The molecule has 0 bridgehead atoms. The lowest BCUT2D eigenvalue weighted by Gasteiger charge is -2.14. The Bertz CT molecular complexity index is 404. The van der Waals surface area contributed by atoms with Gasteiger partial charge in [-0.15, -0.1) is 13.2 Å². The molecule has 0 aliphatic carbocycles. The van der Waals surface area contributed by atoms with Gasteiger partial charge in [0.2, 0.25) is 0 Å². The summed E-state index contributed by atoms with van der Waals surface area (Å²) >= 11 is 0. The van der Waals surface area contributed by atoms with Gasteiger partial charge in [-0.1, -0.05) is 0 Å². The molecule has 1 rings (SSSR count). The third-order valence-corrected chi connectivity index (χ3v) is 1.86. The molecule has 0 spiro atoms. The van der Waals surface area contributed by atoms with Crippen LogP contribution in [-0.4, -0.2) is 17.6 Å². The van der Waals surface area contributed by atoms with Crippen molar-refractivity contribution in [1.82, 2.24) is 4.98 Å². The molecule has 0 unspecified atom stereocenters. The van der Waals surface area contributed by atoms with E-state index < -0.39 is 12.1 Å². The Labute approximate surface area is 89.2 Å². The molecular formula is C9H9F3N2O2. The summed E-state index contributed by atoms with van der Waals surface area (Å²) in [6.45, 7) is 1.23. The monoisotopic (exact) mass is 234 g/mol.